The van der Waals surface area contributed by atoms with E-state index in [-0.39, 0.29) is 0 Å². The van der Waals surface area contributed by atoms with Crippen molar-refractivity contribution in [3.63, 3.8) is 0 Å². The van der Waals surface area contributed by atoms with Crippen LogP contribution in [0.1, 0.15) is 32.6 Å². The van der Waals surface area contributed by atoms with E-state index in [9.17, 15) is 0 Å². The van der Waals surface area contributed by atoms with Crippen molar-refractivity contribution in [2.24, 2.45) is 5.92 Å². The zero-order chi connectivity index (χ0) is 8.27. The summed E-state index contributed by atoms with van der Waals surface area (Å²) in [5.74, 6) is 0.873. The van der Waals surface area contributed by atoms with E-state index in [0.717, 1.165) is 5.92 Å². The molecule has 0 bridgehead atoms. The molecule has 0 heterocycles. The van der Waals surface area contributed by atoms with Crippen LogP contribution in [0, 0.1) is 17.4 Å². The summed E-state index contributed by atoms with van der Waals surface area (Å²) >= 11 is 0. The van der Waals surface area contributed by atoms with Gasteiger partial charge in [-0.25, -0.2) is 0 Å². The number of rotatable bonds is 1. The maximum Gasteiger partial charge on any atom is 0.179 e. The van der Waals surface area contributed by atoms with E-state index in [2.05, 4.69) is 13.1 Å². The maximum atomic E-state index is 8.63. The van der Waals surface area contributed by atoms with Crippen LogP contribution in [0.25, 0.3) is 0 Å². The van der Waals surface area contributed by atoms with Crippen molar-refractivity contribution < 1.29 is 0 Å². The summed E-state index contributed by atoms with van der Waals surface area (Å²) in [7, 11) is 1.89. The standard InChI is InChI=1S/C9H16N2/c1-8-3-5-9(6-4-8)11(2)7-10/h8-9H,3-6H2,1-2H3. The maximum absolute atomic E-state index is 8.63. The van der Waals surface area contributed by atoms with Crippen LogP contribution in [0.5, 0.6) is 0 Å². The van der Waals surface area contributed by atoms with Crippen molar-refractivity contribution >= 4 is 0 Å². The Balaban J connectivity index is 2.34. The van der Waals surface area contributed by atoms with Gasteiger partial charge in [0.25, 0.3) is 0 Å². The fourth-order valence-electron chi connectivity index (χ4n) is 1.71. The molecule has 1 aliphatic carbocycles. The summed E-state index contributed by atoms with van der Waals surface area (Å²) in [5, 5.41) is 8.63. The summed E-state index contributed by atoms with van der Waals surface area (Å²) in [6.45, 7) is 2.29. The summed E-state index contributed by atoms with van der Waals surface area (Å²) < 4.78 is 0. The number of nitriles is 1. The van der Waals surface area contributed by atoms with E-state index in [0.29, 0.717) is 6.04 Å². The van der Waals surface area contributed by atoms with Crippen LogP contribution >= 0.6 is 0 Å². The highest BCUT2D eigenvalue weighted by molar-refractivity contribution is 4.82. The summed E-state index contributed by atoms with van der Waals surface area (Å²) in [6, 6.07) is 0.524. The summed E-state index contributed by atoms with van der Waals surface area (Å²) in [4.78, 5) is 1.80. The fourth-order valence-corrected chi connectivity index (χ4v) is 1.71. The third-order valence-corrected chi connectivity index (χ3v) is 2.69. The molecule has 1 saturated carbocycles. The van der Waals surface area contributed by atoms with Crippen LogP contribution < -0.4 is 0 Å². The van der Waals surface area contributed by atoms with Crippen molar-refractivity contribution in [2.45, 2.75) is 38.6 Å². The van der Waals surface area contributed by atoms with Gasteiger partial charge in [0.15, 0.2) is 6.19 Å². The third kappa shape index (κ3) is 2.11. The summed E-state index contributed by atoms with van der Waals surface area (Å²) in [6.07, 6.45) is 7.16. The van der Waals surface area contributed by atoms with Gasteiger partial charge in [-0.1, -0.05) is 6.92 Å². The van der Waals surface area contributed by atoms with Crippen molar-refractivity contribution in [3.8, 4) is 6.19 Å². The Bertz CT molecular complexity index is 151. The minimum absolute atomic E-state index is 0.524. The van der Waals surface area contributed by atoms with Gasteiger partial charge in [0.05, 0.1) is 0 Å². The minimum Gasteiger partial charge on any atom is -0.311 e. The van der Waals surface area contributed by atoms with Gasteiger partial charge in [0, 0.05) is 13.1 Å². The Labute approximate surface area is 68.8 Å². The molecular weight excluding hydrogens is 136 g/mol. The largest absolute Gasteiger partial charge is 0.311 e. The SMILES string of the molecule is CC1CCC(N(C)C#N)CC1. The minimum atomic E-state index is 0.524. The Morgan fingerprint density at radius 2 is 1.82 bits per heavy atom. The average Bonchev–Trinajstić information content (AvgIpc) is 2.05. The van der Waals surface area contributed by atoms with Crippen LogP contribution in [0.4, 0.5) is 0 Å². The second-order valence-corrected chi connectivity index (χ2v) is 3.62. The first-order valence-electron chi connectivity index (χ1n) is 4.36. The van der Waals surface area contributed by atoms with Crippen LogP contribution in [-0.2, 0) is 0 Å². The molecular formula is C9H16N2. The Hall–Kier alpha value is -0.710. The molecule has 1 rings (SSSR count). The van der Waals surface area contributed by atoms with E-state index in [1.54, 1.807) is 4.90 Å². The predicted molar refractivity (Wildman–Crippen MR) is 44.8 cm³/mol. The number of hydrogen-bond acceptors (Lipinski definition) is 2. The molecule has 0 aromatic rings. The Kier molecular flexibility index (Phi) is 2.76. The van der Waals surface area contributed by atoms with E-state index < -0.39 is 0 Å². The molecule has 1 fully saturated rings. The molecule has 0 spiro atoms. The normalized spacial score (nSPS) is 31.0. The van der Waals surface area contributed by atoms with Gasteiger partial charge in [-0.05, 0) is 31.6 Å². The van der Waals surface area contributed by atoms with Gasteiger partial charge in [0.1, 0.15) is 0 Å². The van der Waals surface area contributed by atoms with Gasteiger partial charge in [-0.15, -0.1) is 0 Å². The molecule has 0 unspecified atom stereocenters. The Morgan fingerprint density at radius 3 is 2.27 bits per heavy atom. The first-order chi connectivity index (χ1) is 5.24. The first-order valence-corrected chi connectivity index (χ1v) is 4.36. The molecule has 0 aliphatic heterocycles. The zero-order valence-corrected chi connectivity index (χ0v) is 7.38. The topological polar surface area (TPSA) is 27.0 Å². The fraction of sp³-hybridized carbons (Fsp3) is 0.889. The van der Waals surface area contributed by atoms with E-state index in [1.165, 1.54) is 25.7 Å². The molecule has 0 atom stereocenters. The van der Waals surface area contributed by atoms with E-state index in [4.69, 9.17) is 5.26 Å². The monoisotopic (exact) mass is 152 g/mol. The van der Waals surface area contributed by atoms with Crippen molar-refractivity contribution in [2.75, 3.05) is 7.05 Å². The predicted octanol–water partition coefficient (Wildman–Crippen LogP) is 1.98. The number of nitrogens with zero attached hydrogens (tertiary/aromatic N) is 2. The highest BCUT2D eigenvalue weighted by atomic mass is 15.1. The van der Waals surface area contributed by atoms with Gasteiger partial charge in [0.2, 0.25) is 0 Å². The van der Waals surface area contributed by atoms with Crippen molar-refractivity contribution in [1.29, 1.82) is 5.26 Å². The molecule has 0 aromatic heterocycles. The lowest BCUT2D eigenvalue weighted by atomic mass is 9.87. The van der Waals surface area contributed by atoms with Crippen LogP contribution in [0.3, 0.4) is 0 Å². The molecule has 2 heteroatoms. The van der Waals surface area contributed by atoms with Gasteiger partial charge in [-0.3, -0.25) is 0 Å². The molecule has 11 heavy (non-hydrogen) atoms. The first kappa shape index (κ1) is 8.39. The highest BCUT2D eigenvalue weighted by Gasteiger charge is 2.20. The van der Waals surface area contributed by atoms with Crippen molar-refractivity contribution in [1.82, 2.24) is 4.90 Å². The van der Waals surface area contributed by atoms with Crippen LogP contribution in [0.15, 0.2) is 0 Å². The molecule has 0 saturated heterocycles. The smallest absolute Gasteiger partial charge is 0.179 e. The van der Waals surface area contributed by atoms with E-state index in [1.807, 2.05) is 7.05 Å². The second-order valence-electron chi connectivity index (χ2n) is 3.62. The van der Waals surface area contributed by atoms with Crippen LogP contribution in [-0.4, -0.2) is 18.0 Å². The molecule has 0 aromatic carbocycles. The van der Waals surface area contributed by atoms with E-state index >= 15 is 0 Å². The van der Waals surface area contributed by atoms with Gasteiger partial charge in [-0.2, -0.15) is 5.26 Å². The summed E-state index contributed by atoms with van der Waals surface area (Å²) in [5.41, 5.74) is 0. The molecule has 0 N–H and O–H groups in total. The second kappa shape index (κ2) is 3.61. The van der Waals surface area contributed by atoms with Crippen molar-refractivity contribution in [3.05, 3.63) is 0 Å². The van der Waals surface area contributed by atoms with Crippen LogP contribution in [0.2, 0.25) is 0 Å². The van der Waals surface area contributed by atoms with Gasteiger partial charge >= 0.3 is 0 Å². The van der Waals surface area contributed by atoms with Gasteiger partial charge < -0.3 is 4.90 Å². The lowest BCUT2D eigenvalue weighted by molar-refractivity contribution is 0.227. The zero-order valence-electron chi connectivity index (χ0n) is 7.38. The molecule has 62 valence electrons. The lowest BCUT2D eigenvalue weighted by Crippen LogP contribution is -2.31. The molecule has 0 radical (unpaired) electrons. The molecule has 1 aliphatic rings. The Morgan fingerprint density at radius 1 is 1.27 bits per heavy atom. The molecule has 0 amide bonds. The quantitative estimate of drug-likeness (QED) is 0.424. The number of hydrogen-bond donors (Lipinski definition) is 0. The lowest BCUT2D eigenvalue weighted by Gasteiger charge is -2.29. The molecule has 2 nitrogen and oxygen atoms in total. The average molecular weight is 152 g/mol. The third-order valence-electron chi connectivity index (χ3n) is 2.69. The highest BCUT2D eigenvalue weighted by Crippen LogP contribution is 2.25.